The van der Waals surface area contributed by atoms with E-state index in [1.165, 1.54) is 0 Å². The number of benzene rings is 1. The molecule has 1 rings (SSSR count). The van der Waals surface area contributed by atoms with Crippen LogP contribution in [0.2, 0.25) is 5.02 Å². The molecule has 0 aliphatic carbocycles. The van der Waals surface area contributed by atoms with E-state index in [1.807, 2.05) is 6.92 Å². The quantitative estimate of drug-likeness (QED) is 0.605. The maximum Gasteiger partial charge on any atom is 0.306 e. The Labute approximate surface area is 136 Å². The first kappa shape index (κ1) is 18.3. The molecule has 0 bridgehead atoms. The summed E-state index contributed by atoms with van der Waals surface area (Å²) in [5.74, 6) is -1.81. The Morgan fingerprint density at radius 1 is 1.32 bits per heavy atom. The highest BCUT2D eigenvalue weighted by atomic mass is 35.5. The van der Waals surface area contributed by atoms with Crippen molar-refractivity contribution in [1.29, 1.82) is 0 Å². The summed E-state index contributed by atoms with van der Waals surface area (Å²) in [6.07, 6.45) is 2.54. The summed E-state index contributed by atoms with van der Waals surface area (Å²) in [6.45, 7) is 3.81. The number of halogens is 1. The Kier molecular flexibility index (Phi) is 7.74. The lowest BCUT2D eigenvalue weighted by molar-refractivity contribution is -0.144. The van der Waals surface area contributed by atoms with Crippen LogP contribution >= 0.6 is 11.6 Å². The molecule has 1 amide bonds. The number of hydrazine groups is 1. The molecule has 6 heteroatoms. The fourth-order valence-electron chi connectivity index (χ4n) is 2.26. The van der Waals surface area contributed by atoms with Crippen LogP contribution in [0.4, 0.5) is 5.69 Å². The molecule has 2 atom stereocenters. The summed E-state index contributed by atoms with van der Waals surface area (Å²) >= 11 is 5.97. The zero-order valence-corrected chi connectivity index (χ0v) is 13.7. The molecule has 0 aliphatic heterocycles. The van der Waals surface area contributed by atoms with E-state index < -0.39 is 11.9 Å². The van der Waals surface area contributed by atoms with Crippen molar-refractivity contribution >= 4 is 29.2 Å². The molecule has 5 nitrogen and oxygen atoms in total. The van der Waals surface area contributed by atoms with E-state index in [9.17, 15) is 14.7 Å². The molecule has 0 heterocycles. The van der Waals surface area contributed by atoms with Crippen LogP contribution in [0.25, 0.3) is 0 Å². The fraction of sp³-hybridized carbons (Fsp3) is 0.500. The lowest BCUT2D eigenvalue weighted by Gasteiger charge is -2.20. The van der Waals surface area contributed by atoms with Gasteiger partial charge in [0.15, 0.2) is 0 Å². The highest BCUT2D eigenvalue weighted by Gasteiger charge is 2.25. The lowest BCUT2D eigenvalue weighted by atomic mass is 9.87. The number of aliphatic carboxylic acids is 1. The standard InChI is InChI=1S/C16H23ClN2O3/c1-3-4-7-12(16(21)22)11(2)10-15(20)19-18-14-9-6-5-8-13(14)17/h5-6,8-9,11-12,18H,3-4,7,10H2,1-2H3,(H,19,20)(H,21,22)/t11-,12+/m0/s1. The molecule has 122 valence electrons. The molecular formula is C16H23ClN2O3. The molecule has 0 aromatic heterocycles. The SMILES string of the molecule is CCCC[C@@H](C(=O)O)[C@@H](C)CC(=O)NNc1ccccc1Cl. The minimum atomic E-state index is -0.840. The first-order valence-corrected chi connectivity index (χ1v) is 7.85. The number of anilines is 1. The third-order valence-electron chi connectivity index (χ3n) is 3.59. The van der Waals surface area contributed by atoms with Gasteiger partial charge >= 0.3 is 5.97 Å². The zero-order chi connectivity index (χ0) is 16.5. The predicted octanol–water partition coefficient (Wildman–Crippen LogP) is 3.70. The Morgan fingerprint density at radius 2 is 2.00 bits per heavy atom. The Balaban J connectivity index is 2.49. The number of carboxylic acids is 1. The van der Waals surface area contributed by atoms with Crippen LogP contribution in [0.3, 0.4) is 0 Å². The maximum absolute atomic E-state index is 11.9. The van der Waals surface area contributed by atoms with E-state index in [0.29, 0.717) is 17.1 Å². The van der Waals surface area contributed by atoms with Crippen LogP contribution in [-0.4, -0.2) is 17.0 Å². The number of hydrogen-bond donors (Lipinski definition) is 3. The van der Waals surface area contributed by atoms with Crippen molar-refractivity contribution in [2.75, 3.05) is 5.43 Å². The van der Waals surface area contributed by atoms with Crippen LogP contribution in [0.1, 0.15) is 39.5 Å². The van der Waals surface area contributed by atoms with E-state index in [-0.39, 0.29) is 18.2 Å². The summed E-state index contributed by atoms with van der Waals surface area (Å²) in [5, 5.41) is 9.76. The minimum Gasteiger partial charge on any atom is -0.481 e. The van der Waals surface area contributed by atoms with Gasteiger partial charge in [0, 0.05) is 6.42 Å². The number of carbonyl (C=O) groups excluding carboxylic acids is 1. The summed E-state index contributed by atoms with van der Waals surface area (Å²) in [4.78, 5) is 23.2. The summed E-state index contributed by atoms with van der Waals surface area (Å²) < 4.78 is 0. The van der Waals surface area contributed by atoms with Crippen molar-refractivity contribution in [3.63, 3.8) is 0 Å². The molecule has 0 unspecified atom stereocenters. The molecule has 0 saturated heterocycles. The topological polar surface area (TPSA) is 78.4 Å². The van der Waals surface area contributed by atoms with Crippen molar-refractivity contribution in [3.8, 4) is 0 Å². The van der Waals surface area contributed by atoms with Gasteiger partial charge in [0.05, 0.1) is 16.6 Å². The third kappa shape index (κ3) is 5.93. The van der Waals surface area contributed by atoms with Gasteiger partial charge in [-0.05, 0) is 24.5 Å². The second kappa shape index (κ2) is 9.30. The van der Waals surface area contributed by atoms with Crippen LogP contribution in [0.5, 0.6) is 0 Å². The Hall–Kier alpha value is -1.75. The summed E-state index contributed by atoms with van der Waals surface area (Å²) in [6, 6.07) is 7.05. The van der Waals surface area contributed by atoms with Gasteiger partial charge in [-0.1, -0.05) is 50.4 Å². The van der Waals surface area contributed by atoms with Crippen molar-refractivity contribution in [1.82, 2.24) is 5.43 Å². The van der Waals surface area contributed by atoms with Crippen LogP contribution < -0.4 is 10.9 Å². The van der Waals surface area contributed by atoms with E-state index in [4.69, 9.17) is 11.6 Å². The van der Waals surface area contributed by atoms with Crippen molar-refractivity contribution in [3.05, 3.63) is 29.3 Å². The van der Waals surface area contributed by atoms with Gasteiger partial charge in [-0.25, -0.2) is 0 Å². The highest BCUT2D eigenvalue weighted by molar-refractivity contribution is 6.33. The van der Waals surface area contributed by atoms with Gasteiger partial charge in [-0.15, -0.1) is 0 Å². The highest BCUT2D eigenvalue weighted by Crippen LogP contribution is 2.22. The molecule has 0 fully saturated rings. The van der Waals surface area contributed by atoms with Gasteiger partial charge < -0.3 is 5.11 Å². The van der Waals surface area contributed by atoms with E-state index in [1.54, 1.807) is 31.2 Å². The average molecular weight is 327 g/mol. The van der Waals surface area contributed by atoms with Gasteiger partial charge in [0.2, 0.25) is 5.91 Å². The normalized spacial score (nSPS) is 13.2. The number of amides is 1. The second-order valence-electron chi connectivity index (χ2n) is 5.42. The van der Waals surface area contributed by atoms with Gasteiger partial charge in [0.1, 0.15) is 0 Å². The molecule has 1 aromatic rings. The molecule has 0 radical (unpaired) electrons. The first-order chi connectivity index (χ1) is 10.5. The minimum absolute atomic E-state index is 0.151. The number of para-hydroxylation sites is 1. The lowest BCUT2D eigenvalue weighted by Crippen LogP contribution is -2.33. The van der Waals surface area contributed by atoms with Crippen LogP contribution in [-0.2, 0) is 9.59 Å². The van der Waals surface area contributed by atoms with E-state index >= 15 is 0 Å². The number of carboxylic acid groups (broad SMARTS) is 1. The second-order valence-corrected chi connectivity index (χ2v) is 5.83. The molecule has 1 aromatic carbocycles. The maximum atomic E-state index is 11.9. The average Bonchev–Trinajstić information content (AvgIpc) is 2.46. The molecule has 0 aliphatic rings. The van der Waals surface area contributed by atoms with Gasteiger partial charge in [-0.3, -0.25) is 20.4 Å². The number of nitrogens with one attached hydrogen (secondary N) is 2. The molecule has 22 heavy (non-hydrogen) atoms. The molecule has 0 spiro atoms. The smallest absolute Gasteiger partial charge is 0.306 e. The van der Waals surface area contributed by atoms with E-state index in [2.05, 4.69) is 10.9 Å². The summed E-state index contributed by atoms with van der Waals surface area (Å²) in [7, 11) is 0. The summed E-state index contributed by atoms with van der Waals surface area (Å²) in [5.41, 5.74) is 5.91. The number of unbranched alkanes of at least 4 members (excludes halogenated alkanes) is 1. The monoisotopic (exact) mass is 326 g/mol. The van der Waals surface area contributed by atoms with Crippen molar-refractivity contribution in [2.45, 2.75) is 39.5 Å². The van der Waals surface area contributed by atoms with Gasteiger partial charge in [-0.2, -0.15) is 0 Å². The molecular weight excluding hydrogens is 304 g/mol. The van der Waals surface area contributed by atoms with Gasteiger partial charge in [0.25, 0.3) is 0 Å². The molecule has 0 saturated carbocycles. The third-order valence-corrected chi connectivity index (χ3v) is 3.92. The number of rotatable bonds is 9. The van der Waals surface area contributed by atoms with Crippen molar-refractivity contribution in [2.24, 2.45) is 11.8 Å². The molecule has 3 N–H and O–H groups in total. The van der Waals surface area contributed by atoms with Crippen molar-refractivity contribution < 1.29 is 14.7 Å². The first-order valence-electron chi connectivity index (χ1n) is 7.47. The largest absolute Gasteiger partial charge is 0.481 e. The Morgan fingerprint density at radius 3 is 2.59 bits per heavy atom. The number of hydrogen-bond acceptors (Lipinski definition) is 3. The predicted molar refractivity (Wildman–Crippen MR) is 87.6 cm³/mol. The van der Waals surface area contributed by atoms with Crippen LogP contribution in [0, 0.1) is 11.8 Å². The fourth-order valence-corrected chi connectivity index (χ4v) is 2.44. The van der Waals surface area contributed by atoms with E-state index in [0.717, 1.165) is 12.8 Å². The zero-order valence-electron chi connectivity index (χ0n) is 12.9. The number of carbonyl (C=O) groups is 2. The Bertz CT molecular complexity index is 508. The van der Waals surface area contributed by atoms with Crippen LogP contribution in [0.15, 0.2) is 24.3 Å².